The number of carbonyl (C=O) groups is 1. The zero-order chi connectivity index (χ0) is 16.0. The van der Waals surface area contributed by atoms with Gasteiger partial charge in [0.25, 0.3) is 0 Å². The van der Waals surface area contributed by atoms with E-state index in [-0.39, 0.29) is 17.5 Å². The minimum atomic E-state index is -0.354. The second kappa shape index (κ2) is 7.20. The minimum absolute atomic E-state index is 0.0383. The second-order valence-electron chi connectivity index (χ2n) is 5.69. The first kappa shape index (κ1) is 17.1. The molecule has 0 fully saturated rings. The number of nitrogens with one attached hydrogen (secondary N) is 2. The lowest BCUT2D eigenvalue weighted by molar-refractivity contribution is -0.123. The molecule has 1 rings (SSSR count). The van der Waals surface area contributed by atoms with E-state index in [1.54, 1.807) is 20.3 Å². The van der Waals surface area contributed by atoms with Crippen LogP contribution in [0.2, 0.25) is 0 Å². The quantitative estimate of drug-likeness (QED) is 0.812. The predicted octanol–water partition coefficient (Wildman–Crippen LogP) is 2.81. The monoisotopic (exact) mass is 294 g/mol. The molecule has 1 unspecified atom stereocenters. The van der Waals surface area contributed by atoms with E-state index in [2.05, 4.69) is 10.6 Å². The van der Waals surface area contributed by atoms with Crippen molar-refractivity contribution in [1.82, 2.24) is 5.32 Å². The number of amides is 1. The van der Waals surface area contributed by atoms with Gasteiger partial charge in [0.05, 0.1) is 14.2 Å². The van der Waals surface area contributed by atoms with Gasteiger partial charge in [0.15, 0.2) is 0 Å². The first-order valence-electron chi connectivity index (χ1n) is 7.13. The Labute approximate surface area is 127 Å². The standard InChI is InChI=1S/C16H26N2O3/c1-7-16(3,4)18-15(19)11(2)17-12-8-13(20-5)10-14(9-12)21-6/h8-11,17H,7H2,1-6H3,(H,18,19). The van der Waals surface area contributed by atoms with Crippen LogP contribution in [0.1, 0.15) is 34.1 Å². The Balaban J connectivity index is 2.78. The first-order chi connectivity index (χ1) is 9.81. The molecule has 0 aliphatic heterocycles. The van der Waals surface area contributed by atoms with E-state index in [1.807, 2.05) is 39.8 Å². The largest absolute Gasteiger partial charge is 0.497 e. The number of anilines is 1. The molecule has 0 spiro atoms. The molecular formula is C16H26N2O3. The minimum Gasteiger partial charge on any atom is -0.497 e. The fourth-order valence-corrected chi connectivity index (χ4v) is 1.74. The molecule has 0 aromatic heterocycles. The van der Waals surface area contributed by atoms with Crippen molar-refractivity contribution in [2.24, 2.45) is 0 Å². The number of benzene rings is 1. The van der Waals surface area contributed by atoms with E-state index < -0.39 is 0 Å². The van der Waals surface area contributed by atoms with Crippen molar-refractivity contribution in [2.45, 2.75) is 45.7 Å². The smallest absolute Gasteiger partial charge is 0.242 e. The molecule has 1 amide bonds. The molecular weight excluding hydrogens is 268 g/mol. The van der Waals surface area contributed by atoms with E-state index in [0.29, 0.717) is 11.5 Å². The van der Waals surface area contributed by atoms with Crippen LogP contribution in [0.4, 0.5) is 5.69 Å². The van der Waals surface area contributed by atoms with Gasteiger partial charge in [-0.15, -0.1) is 0 Å². The molecule has 1 aromatic rings. The van der Waals surface area contributed by atoms with Crippen LogP contribution < -0.4 is 20.1 Å². The molecule has 0 saturated carbocycles. The lowest BCUT2D eigenvalue weighted by atomic mass is 10.0. The summed E-state index contributed by atoms with van der Waals surface area (Å²) in [6.07, 6.45) is 0.873. The van der Waals surface area contributed by atoms with E-state index in [1.165, 1.54) is 0 Å². The molecule has 118 valence electrons. The molecule has 2 N–H and O–H groups in total. The number of hydrogen-bond donors (Lipinski definition) is 2. The van der Waals surface area contributed by atoms with Gasteiger partial charge in [0.1, 0.15) is 17.5 Å². The van der Waals surface area contributed by atoms with Crippen LogP contribution in [-0.4, -0.2) is 31.7 Å². The summed E-state index contributed by atoms with van der Waals surface area (Å²) in [4.78, 5) is 12.2. The molecule has 1 aromatic carbocycles. The van der Waals surface area contributed by atoms with Crippen LogP contribution in [-0.2, 0) is 4.79 Å². The molecule has 5 heteroatoms. The van der Waals surface area contributed by atoms with Gasteiger partial charge >= 0.3 is 0 Å². The van der Waals surface area contributed by atoms with Crippen molar-refractivity contribution in [3.63, 3.8) is 0 Å². The van der Waals surface area contributed by atoms with Gasteiger partial charge in [0, 0.05) is 29.4 Å². The van der Waals surface area contributed by atoms with Gasteiger partial charge in [-0.1, -0.05) is 6.92 Å². The highest BCUT2D eigenvalue weighted by Gasteiger charge is 2.21. The highest BCUT2D eigenvalue weighted by molar-refractivity contribution is 5.84. The fourth-order valence-electron chi connectivity index (χ4n) is 1.74. The van der Waals surface area contributed by atoms with Crippen molar-refractivity contribution >= 4 is 11.6 Å². The predicted molar refractivity (Wildman–Crippen MR) is 85.1 cm³/mol. The molecule has 5 nitrogen and oxygen atoms in total. The van der Waals surface area contributed by atoms with Crippen molar-refractivity contribution < 1.29 is 14.3 Å². The van der Waals surface area contributed by atoms with E-state index in [4.69, 9.17) is 9.47 Å². The summed E-state index contributed by atoms with van der Waals surface area (Å²) in [7, 11) is 3.19. The lowest BCUT2D eigenvalue weighted by Crippen LogP contribution is -2.48. The van der Waals surface area contributed by atoms with Gasteiger partial charge in [0.2, 0.25) is 5.91 Å². The van der Waals surface area contributed by atoms with Gasteiger partial charge in [-0.05, 0) is 27.2 Å². The number of rotatable bonds is 7. The molecule has 0 aliphatic rings. The number of ether oxygens (including phenoxy) is 2. The molecule has 21 heavy (non-hydrogen) atoms. The Bertz CT molecular complexity index is 464. The van der Waals surface area contributed by atoms with Crippen molar-refractivity contribution in [1.29, 1.82) is 0 Å². The van der Waals surface area contributed by atoms with Crippen LogP contribution >= 0.6 is 0 Å². The highest BCUT2D eigenvalue weighted by atomic mass is 16.5. The molecule has 0 radical (unpaired) electrons. The van der Waals surface area contributed by atoms with Gasteiger partial charge in [-0.3, -0.25) is 4.79 Å². The van der Waals surface area contributed by atoms with E-state index >= 15 is 0 Å². The second-order valence-corrected chi connectivity index (χ2v) is 5.69. The Hall–Kier alpha value is -1.91. The van der Waals surface area contributed by atoms with Crippen LogP contribution in [0.15, 0.2) is 18.2 Å². The van der Waals surface area contributed by atoms with Crippen molar-refractivity contribution in [2.75, 3.05) is 19.5 Å². The van der Waals surface area contributed by atoms with Gasteiger partial charge in [-0.25, -0.2) is 0 Å². The summed E-state index contributed by atoms with van der Waals surface area (Å²) < 4.78 is 10.4. The number of methoxy groups -OCH3 is 2. The summed E-state index contributed by atoms with van der Waals surface area (Å²) in [5, 5.41) is 6.18. The average Bonchev–Trinajstić information content (AvgIpc) is 2.46. The Morgan fingerprint density at radius 3 is 2.14 bits per heavy atom. The lowest BCUT2D eigenvalue weighted by Gasteiger charge is -2.27. The van der Waals surface area contributed by atoms with E-state index in [0.717, 1.165) is 12.1 Å². The molecule has 0 aliphatic carbocycles. The zero-order valence-corrected chi connectivity index (χ0v) is 13.7. The van der Waals surface area contributed by atoms with Crippen LogP contribution in [0.3, 0.4) is 0 Å². The van der Waals surface area contributed by atoms with Crippen LogP contribution in [0.5, 0.6) is 11.5 Å². The zero-order valence-electron chi connectivity index (χ0n) is 13.7. The maximum absolute atomic E-state index is 12.2. The third-order valence-corrected chi connectivity index (χ3v) is 3.47. The van der Waals surface area contributed by atoms with Crippen molar-refractivity contribution in [3.05, 3.63) is 18.2 Å². The molecule has 0 heterocycles. The van der Waals surface area contributed by atoms with Gasteiger partial charge < -0.3 is 20.1 Å². The van der Waals surface area contributed by atoms with Crippen LogP contribution in [0.25, 0.3) is 0 Å². The summed E-state index contributed by atoms with van der Waals surface area (Å²) in [5.74, 6) is 1.32. The van der Waals surface area contributed by atoms with Crippen LogP contribution in [0, 0.1) is 0 Å². The van der Waals surface area contributed by atoms with Crippen molar-refractivity contribution in [3.8, 4) is 11.5 Å². The maximum Gasteiger partial charge on any atom is 0.242 e. The molecule has 1 atom stereocenters. The fraction of sp³-hybridized carbons (Fsp3) is 0.562. The van der Waals surface area contributed by atoms with E-state index in [9.17, 15) is 4.79 Å². The third-order valence-electron chi connectivity index (χ3n) is 3.47. The molecule has 0 bridgehead atoms. The summed E-state index contributed by atoms with van der Waals surface area (Å²) in [6.45, 7) is 7.89. The normalized spacial score (nSPS) is 12.5. The number of hydrogen-bond acceptors (Lipinski definition) is 4. The maximum atomic E-state index is 12.2. The Morgan fingerprint density at radius 2 is 1.71 bits per heavy atom. The topological polar surface area (TPSA) is 59.6 Å². The summed E-state index contributed by atoms with van der Waals surface area (Å²) in [5.41, 5.74) is 0.571. The number of carbonyl (C=O) groups excluding carboxylic acids is 1. The summed E-state index contributed by atoms with van der Waals surface area (Å²) >= 11 is 0. The SMILES string of the molecule is CCC(C)(C)NC(=O)C(C)Nc1cc(OC)cc(OC)c1. The van der Waals surface area contributed by atoms with Gasteiger partial charge in [-0.2, -0.15) is 0 Å². The highest BCUT2D eigenvalue weighted by Crippen LogP contribution is 2.26. The first-order valence-corrected chi connectivity index (χ1v) is 7.13. The average molecular weight is 294 g/mol. The molecule has 0 saturated heterocycles. The Kier molecular flexibility index (Phi) is 5.88. The summed E-state index contributed by atoms with van der Waals surface area (Å²) in [6, 6.07) is 5.10. The third kappa shape index (κ3) is 5.17. The Morgan fingerprint density at radius 1 is 1.19 bits per heavy atom.